The van der Waals surface area contributed by atoms with Gasteiger partial charge < -0.3 is 15.7 Å². The number of benzene rings is 1. The second-order valence-electron chi connectivity index (χ2n) is 6.07. The molecule has 148 valence electrons. The molecular formula is C18H18Cl2N4O3S. The molecule has 0 unspecified atom stereocenters. The maximum atomic E-state index is 12.5. The molecule has 1 amide bonds. The molecule has 3 aromatic rings. The van der Waals surface area contributed by atoms with Crippen molar-refractivity contribution < 1.29 is 9.90 Å². The monoisotopic (exact) mass is 440 g/mol. The summed E-state index contributed by atoms with van der Waals surface area (Å²) in [6, 6.07) is 4.97. The summed E-state index contributed by atoms with van der Waals surface area (Å²) in [4.78, 5) is 30.3. The van der Waals surface area contributed by atoms with Crippen LogP contribution in [0.2, 0.25) is 10.0 Å². The van der Waals surface area contributed by atoms with Gasteiger partial charge in [0.1, 0.15) is 0 Å². The SMILES string of the molecule is CCCNCc1cn2c(=O)c(O)c(C(=O)NCc3ccc(Cl)c(Cl)c3)nc2s1. The van der Waals surface area contributed by atoms with Gasteiger partial charge in [0, 0.05) is 24.2 Å². The molecule has 0 aliphatic heterocycles. The molecule has 2 heterocycles. The van der Waals surface area contributed by atoms with Gasteiger partial charge in [-0.2, -0.15) is 0 Å². The predicted octanol–water partition coefficient (Wildman–Crippen LogP) is 3.20. The minimum absolute atomic E-state index is 0.146. The minimum Gasteiger partial charge on any atom is -0.501 e. The van der Waals surface area contributed by atoms with E-state index in [0.717, 1.165) is 23.4 Å². The molecule has 0 spiro atoms. The van der Waals surface area contributed by atoms with Crippen LogP contribution in [0.5, 0.6) is 5.75 Å². The van der Waals surface area contributed by atoms with E-state index in [-0.39, 0.29) is 12.2 Å². The standard InChI is InChI=1S/C18H18Cl2N4O3S/c1-2-5-21-8-11-9-24-17(27)15(25)14(23-18(24)28-11)16(26)22-7-10-3-4-12(19)13(20)6-10/h3-4,6,9,21,25H,2,5,7-8H2,1H3,(H,22,26). The van der Waals surface area contributed by atoms with Crippen LogP contribution in [0.4, 0.5) is 0 Å². The van der Waals surface area contributed by atoms with E-state index in [1.807, 2.05) is 0 Å². The number of halogens is 2. The fourth-order valence-electron chi connectivity index (χ4n) is 2.52. The third kappa shape index (κ3) is 4.47. The Morgan fingerprint density at radius 3 is 2.79 bits per heavy atom. The molecule has 0 atom stereocenters. The Balaban J connectivity index is 1.81. The summed E-state index contributed by atoms with van der Waals surface area (Å²) in [6.07, 6.45) is 2.61. The molecule has 0 aliphatic carbocycles. The second-order valence-corrected chi connectivity index (χ2v) is 7.98. The van der Waals surface area contributed by atoms with Crippen LogP contribution in [-0.2, 0) is 13.1 Å². The number of nitrogens with one attached hydrogen (secondary N) is 2. The van der Waals surface area contributed by atoms with Gasteiger partial charge in [0.15, 0.2) is 10.7 Å². The van der Waals surface area contributed by atoms with Crippen LogP contribution in [0.3, 0.4) is 0 Å². The van der Waals surface area contributed by atoms with Crippen molar-refractivity contribution in [3.8, 4) is 5.75 Å². The molecule has 10 heteroatoms. The Morgan fingerprint density at radius 1 is 1.29 bits per heavy atom. The van der Waals surface area contributed by atoms with Crippen molar-refractivity contribution in [3.05, 3.63) is 60.9 Å². The van der Waals surface area contributed by atoms with Gasteiger partial charge >= 0.3 is 5.56 Å². The van der Waals surface area contributed by atoms with E-state index in [0.29, 0.717) is 21.6 Å². The van der Waals surface area contributed by atoms with Crippen molar-refractivity contribution >= 4 is 45.4 Å². The zero-order chi connectivity index (χ0) is 20.3. The van der Waals surface area contributed by atoms with Crippen LogP contribution in [0.15, 0.2) is 29.2 Å². The molecule has 3 N–H and O–H groups in total. The maximum Gasteiger partial charge on any atom is 0.301 e. The number of hydrogen-bond acceptors (Lipinski definition) is 6. The summed E-state index contributed by atoms with van der Waals surface area (Å²) >= 11 is 13.1. The van der Waals surface area contributed by atoms with E-state index in [2.05, 4.69) is 22.5 Å². The molecule has 3 rings (SSSR count). The molecule has 28 heavy (non-hydrogen) atoms. The molecule has 0 saturated carbocycles. The molecule has 0 saturated heterocycles. The molecular weight excluding hydrogens is 423 g/mol. The van der Waals surface area contributed by atoms with E-state index in [1.54, 1.807) is 24.4 Å². The fourth-order valence-corrected chi connectivity index (χ4v) is 3.78. The van der Waals surface area contributed by atoms with E-state index >= 15 is 0 Å². The smallest absolute Gasteiger partial charge is 0.301 e. The van der Waals surface area contributed by atoms with Crippen LogP contribution in [-0.4, -0.2) is 26.9 Å². The Morgan fingerprint density at radius 2 is 2.07 bits per heavy atom. The summed E-state index contributed by atoms with van der Waals surface area (Å²) in [7, 11) is 0. The minimum atomic E-state index is -0.685. The molecule has 0 aliphatic rings. The largest absolute Gasteiger partial charge is 0.501 e. The van der Waals surface area contributed by atoms with Gasteiger partial charge in [-0.25, -0.2) is 4.98 Å². The number of rotatable bonds is 7. The van der Waals surface area contributed by atoms with Crippen molar-refractivity contribution in [1.29, 1.82) is 0 Å². The number of fused-ring (bicyclic) bond motifs is 1. The predicted molar refractivity (Wildman–Crippen MR) is 111 cm³/mol. The summed E-state index contributed by atoms with van der Waals surface area (Å²) in [5.74, 6) is -1.34. The van der Waals surface area contributed by atoms with Crippen LogP contribution < -0.4 is 16.2 Å². The first-order valence-electron chi connectivity index (χ1n) is 8.57. The van der Waals surface area contributed by atoms with Crippen LogP contribution in [0.25, 0.3) is 4.96 Å². The van der Waals surface area contributed by atoms with Crippen molar-refractivity contribution in [2.24, 2.45) is 0 Å². The summed E-state index contributed by atoms with van der Waals surface area (Å²) in [5.41, 5.74) is -0.261. The molecule has 0 radical (unpaired) electrons. The normalized spacial score (nSPS) is 11.1. The number of carbonyl (C=O) groups excluding carboxylic acids is 1. The Labute approximate surface area is 174 Å². The number of aromatic hydroxyl groups is 1. The molecule has 0 bridgehead atoms. The van der Waals surface area contributed by atoms with Crippen molar-refractivity contribution in [2.75, 3.05) is 6.54 Å². The van der Waals surface area contributed by atoms with Gasteiger partial charge in [-0.05, 0) is 30.7 Å². The zero-order valence-corrected chi connectivity index (χ0v) is 17.3. The van der Waals surface area contributed by atoms with E-state index in [4.69, 9.17) is 23.2 Å². The zero-order valence-electron chi connectivity index (χ0n) is 15.0. The van der Waals surface area contributed by atoms with Gasteiger partial charge in [0.05, 0.1) is 10.0 Å². The third-order valence-electron chi connectivity index (χ3n) is 3.93. The molecule has 2 aromatic heterocycles. The first-order valence-corrected chi connectivity index (χ1v) is 10.1. The van der Waals surface area contributed by atoms with Crippen LogP contribution in [0.1, 0.15) is 34.3 Å². The number of nitrogens with zero attached hydrogens (tertiary/aromatic N) is 2. The lowest BCUT2D eigenvalue weighted by Gasteiger charge is -2.07. The van der Waals surface area contributed by atoms with Crippen molar-refractivity contribution in [1.82, 2.24) is 20.0 Å². The Hall–Kier alpha value is -2.13. The number of thiazole rings is 1. The van der Waals surface area contributed by atoms with Gasteiger partial charge in [0.2, 0.25) is 5.75 Å². The van der Waals surface area contributed by atoms with Crippen LogP contribution in [0, 0.1) is 0 Å². The molecule has 0 fully saturated rings. The fraction of sp³-hybridized carbons (Fsp3) is 0.278. The highest BCUT2D eigenvalue weighted by atomic mass is 35.5. The summed E-state index contributed by atoms with van der Waals surface area (Å²) < 4.78 is 1.25. The highest BCUT2D eigenvalue weighted by Gasteiger charge is 2.20. The number of hydrogen-bond donors (Lipinski definition) is 3. The van der Waals surface area contributed by atoms with Crippen molar-refractivity contribution in [2.45, 2.75) is 26.4 Å². The quantitative estimate of drug-likeness (QED) is 0.490. The first kappa shape index (κ1) is 20.6. The molecule has 7 nitrogen and oxygen atoms in total. The lowest BCUT2D eigenvalue weighted by atomic mass is 10.2. The number of carbonyl (C=O) groups is 1. The highest BCUT2D eigenvalue weighted by Crippen LogP contribution is 2.23. The topological polar surface area (TPSA) is 95.7 Å². The van der Waals surface area contributed by atoms with Crippen molar-refractivity contribution in [3.63, 3.8) is 0 Å². The number of aromatic nitrogens is 2. The second kappa shape index (κ2) is 8.91. The summed E-state index contributed by atoms with van der Waals surface area (Å²) in [5, 5.41) is 16.8. The van der Waals surface area contributed by atoms with Gasteiger partial charge in [-0.3, -0.25) is 14.0 Å². The highest BCUT2D eigenvalue weighted by molar-refractivity contribution is 7.17. The molecule has 1 aromatic carbocycles. The van der Waals surface area contributed by atoms with Crippen LogP contribution >= 0.6 is 34.5 Å². The van der Waals surface area contributed by atoms with E-state index in [1.165, 1.54) is 15.7 Å². The number of amides is 1. The lowest BCUT2D eigenvalue weighted by molar-refractivity contribution is 0.0943. The third-order valence-corrected chi connectivity index (χ3v) is 5.65. The first-order chi connectivity index (χ1) is 13.4. The van der Waals surface area contributed by atoms with E-state index in [9.17, 15) is 14.7 Å². The Kier molecular flexibility index (Phi) is 6.56. The average Bonchev–Trinajstić information content (AvgIpc) is 3.09. The van der Waals surface area contributed by atoms with Gasteiger partial charge in [-0.1, -0.05) is 47.5 Å². The summed E-state index contributed by atoms with van der Waals surface area (Å²) in [6.45, 7) is 3.64. The van der Waals surface area contributed by atoms with Gasteiger partial charge in [-0.15, -0.1) is 0 Å². The van der Waals surface area contributed by atoms with Gasteiger partial charge in [0.25, 0.3) is 5.91 Å². The lowest BCUT2D eigenvalue weighted by Crippen LogP contribution is -2.27. The maximum absolute atomic E-state index is 12.5. The average molecular weight is 441 g/mol. The Bertz CT molecular complexity index is 1080. The van der Waals surface area contributed by atoms with E-state index < -0.39 is 17.2 Å².